The second-order valence-corrected chi connectivity index (χ2v) is 6.17. The Balaban J connectivity index is 1.81. The third-order valence-electron chi connectivity index (χ3n) is 4.60. The summed E-state index contributed by atoms with van der Waals surface area (Å²) in [6.07, 6.45) is 5.79. The van der Waals surface area contributed by atoms with E-state index >= 15 is 0 Å². The Morgan fingerprint density at radius 2 is 2.00 bits per heavy atom. The Kier molecular flexibility index (Phi) is 4.86. The number of likely N-dealkylation sites (N-methyl/N-ethyl adjacent to an activating group) is 1. The van der Waals surface area contributed by atoms with E-state index < -0.39 is 11.5 Å². The molecule has 0 spiro atoms. The molecule has 2 amide bonds. The summed E-state index contributed by atoms with van der Waals surface area (Å²) in [5.74, 6) is -0.845. The molecule has 0 aromatic carbocycles. The van der Waals surface area contributed by atoms with Crippen LogP contribution >= 0.6 is 0 Å². The first-order valence-corrected chi connectivity index (χ1v) is 7.49. The second-order valence-electron chi connectivity index (χ2n) is 6.17. The number of aliphatic carboxylic acids is 1. The summed E-state index contributed by atoms with van der Waals surface area (Å²) in [5.41, 5.74) is -0.544. The van der Waals surface area contributed by atoms with Crippen LogP contribution in [0.15, 0.2) is 0 Å². The number of nitrogens with one attached hydrogen (secondary N) is 2. The number of carboxylic acid groups (broad SMARTS) is 1. The van der Waals surface area contributed by atoms with Gasteiger partial charge in [-0.1, -0.05) is 12.8 Å². The molecule has 6 heteroatoms. The first kappa shape index (κ1) is 15.1. The zero-order valence-electron chi connectivity index (χ0n) is 12.2. The second kappa shape index (κ2) is 6.43. The third kappa shape index (κ3) is 3.85. The van der Waals surface area contributed by atoms with Gasteiger partial charge < -0.3 is 20.6 Å². The molecule has 0 radical (unpaired) electrons. The Labute approximate surface area is 119 Å². The molecule has 1 atom stereocenters. The minimum absolute atomic E-state index is 0.0176. The smallest absolute Gasteiger partial charge is 0.315 e. The summed E-state index contributed by atoms with van der Waals surface area (Å²) in [6.45, 7) is 1.71. The van der Waals surface area contributed by atoms with Gasteiger partial charge in [0.15, 0.2) is 0 Å². The minimum Gasteiger partial charge on any atom is -0.481 e. The van der Waals surface area contributed by atoms with Crippen molar-refractivity contribution in [2.24, 2.45) is 0 Å². The van der Waals surface area contributed by atoms with Gasteiger partial charge in [-0.15, -0.1) is 0 Å². The maximum Gasteiger partial charge on any atom is 0.315 e. The lowest BCUT2D eigenvalue weighted by Gasteiger charge is -2.29. The van der Waals surface area contributed by atoms with Crippen LogP contribution < -0.4 is 10.6 Å². The molecule has 2 aliphatic rings. The van der Waals surface area contributed by atoms with Crippen molar-refractivity contribution in [1.82, 2.24) is 15.5 Å². The largest absolute Gasteiger partial charge is 0.481 e. The monoisotopic (exact) mass is 283 g/mol. The van der Waals surface area contributed by atoms with E-state index in [-0.39, 0.29) is 12.5 Å². The Morgan fingerprint density at radius 1 is 1.30 bits per heavy atom. The molecule has 1 saturated heterocycles. The molecule has 114 valence electrons. The predicted octanol–water partition coefficient (Wildman–Crippen LogP) is 1.17. The van der Waals surface area contributed by atoms with Gasteiger partial charge in [0.05, 0.1) is 12.0 Å². The number of nitrogens with zero attached hydrogens (tertiary/aromatic N) is 1. The number of urea groups is 1. The van der Waals surface area contributed by atoms with Crippen molar-refractivity contribution in [3.8, 4) is 0 Å². The van der Waals surface area contributed by atoms with E-state index in [9.17, 15) is 9.59 Å². The Bertz CT molecular complexity index is 367. The van der Waals surface area contributed by atoms with Crippen molar-refractivity contribution in [2.75, 3.05) is 20.1 Å². The lowest BCUT2D eigenvalue weighted by atomic mass is 9.93. The van der Waals surface area contributed by atoms with Gasteiger partial charge in [-0.05, 0) is 39.3 Å². The van der Waals surface area contributed by atoms with Crippen LogP contribution in [0.1, 0.15) is 44.9 Å². The number of carboxylic acids is 1. The standard InChI is InChI=1S/C14H25N3O3/c1-17-8-4-5-11(17)10-15-13(20)16-14(9-12(18)19)6-2-3-7-14/h11H,2-10H2,1H3,(H,18,19)(H2,15,16,20). The van der Waals surface area contributed by atoms with Gasteiger partial charge >= 0.3 is 12.0 Å². The van der Waals surface area contributed by atoms with E-state index in [1.807, 2.05) is 0 Å². The van der Waals surface area contributed by atoms with Gasteiger partial charge in [0.25, 0.3) is 0 Å². The SMILES string of the molecule is CN1CCCC1CNC(=O)NC1(CC(=O)O)CCCC1. The molecular weight excluding hydrogens is 258 g/mol. The molecule has 1 heterocycles. The molecule has 1 aliphatic carbocycles. The number of rotatable bonds is 5. The zero-order valence-corrected chi connectivity index (χ0v) is 12.2. The number of hydrogen-bond donors (Lipinski definition) is 3. The van der Waals surface area contributed by atoms with Crippen molar-refractivity contribution in [1.29, 1.82) is 0 Å². The molecule has 3 N–H and O–H groups in total. The van der Waals surface area contributed by atoms with Crippen LogP contribution in [0.2, 0.25) is 0 Å². The van der Waals surface area contributed by atoms with Gasteiger partial charge in [0.1, 0.15) is 0 Å². The molecule has 2 rings (SSSR count). The van der Waals surface area contributed by atoms with E-state index in [1.54, 1.807) is 0 Å². The zero-order chi connectivity index (χ0) is 14.6. The number of carbonyl (C=O) groups excluding carboxylic acids is 1. The van der Waals surface area contributed by atoms with Crippen molar-refractivity contribution in [3.05, 3.63) is 0 Å². The number of hydrogen-bond acceptors (Lipinski definition) is 3. The fourth-order valence-electron chi connectivity index (χ4n) is 3.42. The highest BCUT2D eigenvalue weighted by atomic mass is 16.4. The Morgan fingerprint density at radius 3 is 2.55 bits per heavy atom. The Hall–Kier alpha value is -1.30. The van der Waals surface area contributed by atoms with Crippen molar-refractivity contribution < 1.29 is 14.7 Å². The molecule has 6 nitrogen and oxygen atoms in total. The normalized spacial score (nSPS) is 25.6. The highest BCUT2D eigenvalue weighted by Crippen LogP contribution is 2.32. The van der Waals surface area contributed by atoms with Crippen LogP contribution in [0, 0.1) is 0 Å². The van der Waals surface area contributed by atoms with Gasteiger partial charge in [0.2, 0.25) is 0 Å². The van der Waals surface area contributed by atoms with Crippen LogP contribution in [0.5, 0.6) is 0 Å². The van der Waals surface area contributed by atoms with Crippen molar-refractivity contribution >= 4 is 12.0 Å². The lowest BCUT2D eigenvalue weighted by molar-refractivity contribution is -0.138. The van der Waals surface area contributed by atoms with Crippen LogP contribution in [0.4, 0.5) is 4.79 Å². The fraction of sp³-hybridized carbons (Fsp3) is 0.857. The molecule has 1 aliphatic heterocycles. The minimum atomic E-state index is -0.845. The third-order valence-corrected chi connectivity index (χ3v) is 4.60. The van der Waals surface area contributed by atoms with Gasteiger partial charge in [-0.3, -0.25) is 4.79 Å². The number of amides is 2. The number of carbonyl (C=O) groups is 2. The summed E-state index contributed by atoms with van der Waals surface area (Å²) in [5, 5.41) is 14.8. The van der Waals surface area contributed by atoms with Crippen LogP contribution in [-0.4, -0.2) is 53.7 Å². The molecule has 1 unspecified atom stereocenters. The fourth-order valence-corrected chi connectivity index (χ4v) is 3.42. The van der Waals surface area contributed by atoms with E-state index in [0.29, 0.717) is 12.6 Å². The molecule has 20 heavy (non-hydrogen) atoms. The highest BCUT2D eigenvalue weighted by Gasteiger charge is 2.37. The summed E-state index contributed by atoms with van der Waals surface area (Å²) in [6, 6.07) is 0.174. The van der Waals surface area contributed by atoms with E-state index in [2.05, 4.69) is 22.6 Å². The average Bonchev–Trinajstić information content (AvgIpc) is 2.96. The number of likely N-dealkylation sites (tertiary alicyclic amines) is 1. The molecule has 0 aromatic rings. The molecule has 0 bridgehead atoms. The maximum atomic E-state index is 12.0. The van der Waals surface area contributed by atoms with Crippen LogP contribution in [-0.2, 0) is 4.79 Å². The topological polar surface area (TPSA) is 81.7 Å². The highest BCUT2D eigenvalue weighted by molar-refractivity contribution is 5.76. The maximum absolute atomic E-state index is 12.0. The lowest BCUT2D eigenvalue weighted by Crippen LogP contribution is -2.53. The van der Waals surface area contributed by atoms with Gasteiger partial charge in [-0.25, -0.2) is 4.79 Å². The van der Waals surface area contributed by atoms with E-state index in [4.69, 9.17) is 5.11 Å². The summed E-state index contributed by atoms with van der Waals surface area (Å²) < 4.78 is 0. The summed E-state index contributed by atoms with van der Waals surface area (Å²) in [7, 11) is 2.07. The van der Waals surface area contributed by atoms with Gasteiger partial charge in [0, 0.05) is 12.6 Å². The quantitative estimate of drug-likeness (QED) is 0.707. The summed E-state index contributed by atoms with van der Waals surface area (Å²) in [4.78, 5) is 25.2. The van der Waals surface area contributed by atoms with Crippen LogP contribution in [0.25, 0.3) is 0 Å². The molecular formula is C14H25N3O3. The first-order valence-electron chi connectivity index (χ1n) is 7.49. The molecule has 1 saturated carbocycles. The molecule has 2 fully saturated rings. The summed E-state index contributed by atoms with van der Waals surface area (Å²) >= 11 is 0. The molecule has 0 aromatic heterocycles. The van der Waals surface area contributed by atoms with Crippen molar-refractivity contribution in [3.63, 3.8) is 0 Å². The van der Waals surface area contributed by atoms with Crippen molar-refractivity contribution in [2.45, 2.75) is 56.5 Å². The van der Waals surface area contributed by atoms with Crippen LogP contribution in [0.3, 0.4) is 0 Å². The van der Waals surface area contributed by atoms with E-state index in [0.717, 1.165) is 38.6 Å². The first-order chi connectivity index (χ1) is 9.51. The average molecular weight is 283 g/mol. The van der Waals surface area contributed by atoms with Gasteiger partial charge in [-0.2, -0.15) is 0 Å². The van der Waals surface area contributed by atoms with E-state index in [1.165, 1.54) is 6.42 Å². The predicted molar refractivity (Wildman–Crippen MR) is 75.6 cm³/mol.